The van der Waals surface area contributed by atoms with E-state index in [2.05, 4.69) is 4.98 Å². The summed E-state index contributed by atoms with van der Waals surface area (Å²) in [6.07, 6.45) is 2.67. The molecule has 1 N–H and O–H groups in total. The van der Waals surface area contributed by atoms with Gasteiger partial charge in [0, 0.05) is 18.0 Å². The van der Waals surface area contributed by atoms with E-state index in [4.69, 9.17) is 4.74 Å². The molecular weight excluding hydrogens is 292 g/mol. The molecule has 7 heteroatoms. The van der Waals surface area contributed by atoms with Gasteiger partial charge in [-0.3, -0.25) is 4.79 Å². The quantitative estimate of drug-likeness (QED) is 0.859. The number of ether oxygens (including phenoxy) is 1. The van der Waals surface area contributed by atoms with Crippen LogP contribution in [0, 0.1) is 18.3 Å². The molecule has 0 amide bonds. The van der Waals surface area contributed by atoms with Crippen LogP contribution >= 0.6 is 11.3 Å². The highest BCUT2D eigenvalue weighted by atomic mass is 32.1. The van der Waals surface area contributed by atoms with Crippen molar-refractivity contribution in [3.63, 3.8) is 0 Å². The minimum Gasteiger partial charge on any atom is -0.481 e. The van der Waals surface area contributed by atoms with E-state index in [0.29, 0.717) is 18.8 Å². The summed E-state index contributed by atoms with van der Waals surface area (Å²) < 4.78 is 4.72. The van der Waals surface area contributed by atoms with Crippen LogP contribution in [0.2, 0.25) is 0 Å². The monoisotopic (exact) mass is 310 g/mol. The normalized spacial score (nSPS) is 27.7. The fourth-order valence-electron chi connectivity index (χ4n) is 3.59. The molecule has 114 valence electrons. The number of thiazole rings is 1. The highest BCUT2D eigenvalue weighted by Crippen LogP contribution is 2.50. The summed E-state index contributed by atoms with van der Waals surface area (Å²) in [6, 6.07) is 0. The Labute approximate surface area is 126 Å². The number of nitrogens with zero attached hydrogens (tertiary/aromatic N) is 2. The maximum absolute atomic E-state index is 11.7. The number of carboxylic acid groups (broad SMARTS) is 1. The molecular formula is C14H18N2O4S. The average molecular weight is 310 g/mol. The van der Waals surface area contributed by atoms with E-state index >= 15 is 0 Å². The molecule has 2 atom stereocenters. The molecule has 0 aromatic carbocycles. The second-order valence-electron chi connectivity index (χ2n) is 5.82. The predicted octanol–water partition coefficient (Wildman–Crippen LogP) is 1.93. The molecule has 21 heavy (non-hydrogen) atoms. The SMILES string of the molecule is COC(=O)c1nc(N2C[C@@H]3CCC[C@@]3(C(=O)O)C2)sc1C. The molecule has 0 bridgehead atoms. The van der Waals surface area contributed by atoms with Crippen molar-refractivity contribution in [1.82, 2.24) is 4.98 Å². The lowest BCUT2D eigenvalue weighted by atomic mass is 9.81. The van der Waals surface area contributed by atoms with Crippen LogP contribution in [0.25, 0.3) is 0 Å². The van der Waals surface area contributed by atoms with Crippen LogP contribution in [-0.4, -0.2) is 42.2 Å². The molecule has 0 spiro atoms. The summed E-state index contributed by atoms with van der Waals surface area (Å²) in [6.45, 7) is 3.03. The Balaban J connectivity index is 1.87. The first-order valence-corrected chi connectivity index (χ1v) is 7.83. The minimum atomic E-state index is -0.700. The first kappa shape index (κ1) is 14.3. The van der Waals surface area contributed by atoms with Crippen molar-refractivity contribution in [3.05, 3.63) is 10.6 Å². The Kier molecular flexibility index (Phi) is 3.39. The lowest BCUT2D eigenvalue weighted by Crippen LogP contribution is -2.35. The van der Waals surface area contributed by atoms with Crippen molar-refractivity contribution in [1.29, 1.82) is 0 Å². The Hall–Kier alpha value is -1.63. The van der Waals surface area contributed by atoms with Crippen LogP contribution < -0.4 is 4.90 Å². The van der Waals surface area contributed by atoms with E-state index < -0.39 is 17.4 Å². The minimum absolute atomic E-state index is 0.181. The average Bonchev–Trinajstić information content (AvgIpc) is 3.08. The predicted molar refractivity (Wildman–Crippen MR) is 77.8 cm³/mol. The molecule has 2 aliphatic rings. The summed E-state index contributed by atoms with van der Waals surface area (Å²) in [5, 5.41) is 10.3. The number of aryl methyl sites for hydroxylation is 1. The fraction of sp³-hybridized carbons (Fsp3) is 0.643. The van der Waals surface area contributed by atoms with Gasteiger partial charge in [-0.15, -0.1) is 11.3 Å². The molecule has 1 saturated carbocycles. The molecule has 3 rings (SSSR count). The number of carbonyl (C=O) groups excluding carboxylic acids is 1. The number of esters is 1. The van der Waals surface area contributed by atoms with Crippen LogP contribution in [0.4, 0.5) is 5.13 Å². The second kappa shape index (κ2) is 4.98. The maximum Gasteiger partial charge on any atom is 0.357 e. The number of hydrogen-bond donors (Lipinski definition) is 1. The van der Waals surface area contributed by atoms with E-state index in [1.807, 2.05) is 11.8 Å². The molecule has 1 saturated heterocycles. The van der Waals surface area contributed by atoms with Gasteiger partial charge >= 0.3 is 11.9 Å². The van der Waals surface area contributed by atoms with Gasteiger partial charge < -0.3 is 14.7 Å². The highest BCUT2D eigenvalue weighted by Gasteiger charge is 2.55. The fourth-order valence-corrected chi connectivity index (χ4v) is 4.49. The van der Waals surface area contributed by atoms with Gasteiger partial charge in [-0.2, -0.15) is 0 Å². The van der Waals surface area contributed by atoms with Crippen LogP contribution in [0.15, 0.2) is 0 Å². The first-order chi connectivity index (χ1) is 9.98. The lowest BCUT2D eigenvalue weighted by molar-refractivity contribution is -0.149. The maximum atomic E-state index is 11.7. The molecule has 1 aromatic rings. The van der Waals surface area contributed by atoms with Crippen molar-refractivity contribution < 1.29 is 19.4 Å². The summed E-state index contributed by atoms with van der Waals surface area (Å²) in [5.74, 6) is -0.961. The molecule has 1 aliphatic carbocycles. The Morgan fingerprint density at radius 2 is 2.29 bits per heavy atom. The van der Waals surface area contributed by atoms with E-state index in [1.54, 1.807) is 0 Å². The third-order valence-corrected chi connectivity index (χ3v) is 5.76. The van der Waals surface area contributed by atoms with E-state index in [1.165, 1.54) is 18.4 Å². The zero-order valence-corrected chi connectivity index (χ0v) is 12.9. The molecule has 2 fully saturated rings. The summed E-state index contributed by atoms with van der Waals surface area (Å²) in [7, 11) is 1.33. The number of methoxy groups -OCH3 is 1. The van der Waals surface area contributed by atoms with E-state index in [0.717, 1.165) is 29.3 Å². The van der Waals surface area contributed by atoms with Gasteiger partial charge in [-0.1, -0.05) is 6.42 Å². The molecule has 0 radical (unpaired) electrons. The lowest BCUT2D eigenvalue weighted by Gasteiger charge is -2.23. The number of aliphatic carboxylic acids is 1. The van der Waals surface area contributed by atoms with Gasteiger partial charge in [0.15, 0.2) is 10.8 Å². The van der Waals surface area contributed by atoms with Crippen LogP contribution in [-0.2, 0) is 9.53 Å². The standard InChI is InChI=1S/C14H18N2O4S/c1-8-10(11(17)20-2)15-13(21-8)16-6-9-4-3-5-14(9,7-16)12(18)19/h9H,3-7H2,1-2H3,(H,18,19)/t9-,14+/m0/s1. The molecule has 1 aromatic heterocycles. The number of fused-ring (bicyclic) bond motifs is 1. The Morgan fingerprint density at radius 3 is 2.90 bits per heavy atom. The number of hydrogen-bond acceptors (Lipinski definition) is 6. The summed E-state index contributed by atoms with van der Waals surface area (Å²) in [4.78, 5) is 30.5. The van der Waals surface area contributed by atoms with Gasteiger partial charge in [0.2, 0.25) is 0 Å². The number of aromatic nitrogens is 1. The number of carboxylic acids is 1. The Bertz CT molecular complexity index is 600. The van der Waals surface area contributed by atoms with Crippen molar-refractivity contribution >= 4 is 28.4 Å². The van der Waals surface area contributed by atoms with Crippen LogP contribution in [0.3, 0.4) is 0 Å². The van der Waals surface area contributed by atoms with Crippen molar-refractivity contribution in [2.75, 3.05) is 25.1 Å². The van der Waals surface area contributed by atoms with Gasteiger partial charge in [0.1, 0.15) is 0 Å². The van der Waals surface area contributed by atoms with E-state index in [-0.39, 0.29) is 5.92 Å². The van der Waals surface area contributed by atoms with Crippen molar-refractivity contribution in [2.24, 2.45) is 11.3 Å². The third-order valence-electron chi connectivity index (χ3n) is 4.73. The summed E-state index contributed by atoms with van der Waals surface area (Å²) >= 11 is 1.43. The smallest absolute Gasteiger partial charge is 0.357 e. The van der Waals surface area contributed by atoms with Gasteiger partial charge in [0.25, 0.3) is 0 Å². The van der Waals surface area contributed by atoms with E-state index in [9.17, 15) is 14.7 Å². The second-order valence-corrected chi connectivity index (χ2v) is 7.01. The Morgan fingerprint density at radius 1 is 1.52 bits per heavy atom. The van der Waals surface area contributed by atoms with Gasteiger partial charge in [-0.25, -0.2) is 9.78 Å². The third kappa shape index (κ3) is 2.10. The molecule has 0 unspecified atom stereocenters. The zero-order valence-electron chi connectivity index (χ0n) is 12.1. The van der Waals surface area contributed by atoms with Crippen molar-refractivity contribution in [2.45, 2.75) is 26.2 Å². The molecule has 1 aliphatic heterocycles. The first-order valence-electron chi connectivity index (χ1n) is 7.02. The largest absolute Gasteiger partial charge is 0.481 e. The molecule has 2 heterocycles. The van der Waals surface area contributed by atoms with Crippen molar-refractivity contribution in [3.8, 4) is 0 Å². The molecule has 6 nitrogen and oxygen atoms in total. The summed E-state index contributed by atoms with van der Waals surface area (Å²) in [5.41, 5.74) is -0.302. The number of carbonyl (C=O) groups is 2. The highest BCUT2D eigenvalue weighted by molar-refractivity contribution is 7.15. The van der Waals surface area contributed by atoms with Gasteiger partial charge in [-0.05, 0) is 25.7 Å². The zero-order chi connectivity index (χ0) is 15.2. The van der Waals surface area contributed by atoms with Gasteiger partial charge in [0.05, 0.1) is 12.5 Å². The van der Waals surface area contributed by atoms with Crippen LogP contribution in [0.1, 0.15) is 34.6 Å². The van der Waals surface area contributed by atoms with Crippen LogP contribution in [0.5, 0.6) is 0 Å². The topological polar surface area (TPSA) is 79.7 Å². The number of anilines is 1. The number of rotatable bonds is 3.